The third-order valence-electron chi connectivity index (χ3n) is 5.02. The lowest BCUT2D eigenvalue weighted by Crippen LogP contribution is -2.24. The van der Waals surface area contributed by atoms with E-state index in [-0.39, 0.29) is 35.3 Å². The van der Waals surface area contributed by atoms with Crippen molar-refractivity contribution in [3.63, 3.8) is 0 Å². The van der Waals surface area contributed by atoms with E-state index in [2.05, 4.69) is 0 Å². The second-order valence-corrected chi connectivity index (χ2v) is 8.67. The zero-order valence-electron chi connectivity index (χ0n) is 16.6. The summed E-state index contributed by atoms with van der Waals surface area (Å²) in [5, 5.41) is 19.1. The quantitative estimate of drug-likeness (QED) is 0.464. The van der Waals surface area contributed by atoms with Gasteiger partial charge in [-0.05, 0) is 43.2 Å². The number of hydrogen-bond acceptors (Lipinski definition) is 5. The van der Waals surface area contributed by atoms with Crippen LogP contribution in [0.5, 0.6) is 5.75 Å². The largest absolute Gasteiger partial charge is 0.491 e. The van der Waals surface area contributed by atoms with Crippen molar-refractivity contribution in [1.82, 2.24) is 0 Å². The molecular formula is C22H29FO5S. The Kier molecular flexibility index (Phi) is 9.67. The van der Waals surface area contributed by atoms with Crippen molar-refractivity contribution in [3.05, 3.63) is 42.2 Å². The minimum atomic E-state index is -0.765. The number of thioether (sulfide) groups is 1. The summed E-state index contributed by atoms with van der Waals surface area (Å²) in [6.45, 7) is 1.82. The van der Waals surface area contributed by atoms with Gasteiger partial charge in [-0.3, -0.25) is 9.59 Å². The summed E-state index contributed by atoms with van der Waals surface area (Å²) >= 11 is 1.54. The molecule has 5 nitrogen and oxygen atoms in total. The molecule has 4 atom stereocenters. The van der Waals surface area contributed by atoms with Crippen LogP contribution in [0.15, 0.2) is 36.4 Å². The van der Waals surface area contributed by atoms with Crippen LogP contribution in [-0.4, -0.2) is 45.7 Å². The van der Waals surface area contributed by atoms with Gasteiger partial charge in [0.25, 0.3) is 0 Å². The Morgan fingerprint density at radius 3 is 2.66 bits per heavy atom. The van der Waals surface area contributed by atoms with Gasteiger partial charge in [0, 0.05) is 16.9 Å². The second-order valence-electron chi connectivity index (χ2n) is 7.46. The molecule has 0 spiro atoms. The number of carbonyl (C=O) groups is 2. The third-order valence-corrected chi connectivity index (χ3v) is 6.47. The van der Waals surface area contributed by atoms with Gasteiger partial charge in [-0.15, -0.1) is 0 Å². The highest BCUT2D eigenvalue weighted by Gasteiger charge is 2.30. The SMILES string of the molecule is CC(CCCCCC1C(=O)C=CC1SCC(O)COc1ccc(F)cc1)C(=O)O. The smallest absolute Gasteiger partial charge is 0.306 e. The topological polar surface area (TPSA) is 83.8 Å². The number of ether oxygens (including phenoxy) is 1. The Morgan fingerprint density at radius 1 is 1.24 bits per heavy atom. The van der Waals surface area contributed by atoms with Crippen LogP contribution in [0.2, 0.25) is 0 Å². The Balaban J connectivity index is 1.66. The summed E-state index contributed by atoms with van der Waals surface area (Å²) in [5.74, 6) is -0.447. The number of aliphatic hydroxyl groups is 1. The standard InChI is InChI=1S/C22H29FO5S/c1-15(22(26)27)5-3-2-4-6-19-20(25)11-12-21(19)29-14-17(24)13-28-18-9-7-16(23)8-10-18/h7-12,15,17,19,21,24H,2-6,13-14H2,1H3,(H,26,27). The molecule has 0 aliphatic heterocycles. The number of rotatable bonds is 13. The third kappa shape index (κ3) is 8.19. The number of ketones is 1. The molecule has 2 rings (SSSR count). The molecule has 4 unspecified atom stereocenters. The predicted molar refractivity (Wildman–Crippen MR) is 112 cm³/mol. The minimum absolute atomic E-state index is 0.0425. The molecule has 29 heavy (non-hydrogen) atoms. The van der Waals surface area contributed by atoms with Crippen LogP contribution in [0.25, 0.3) is 0 Å². The van der Waals surface area contributed by atoms with E-state index in [0.29, 0.717) is 17.9 Å². The second kappa shape index (κ2) is 12.0. The normalized spacial score (nSPS) is 20.6. The first kappa shape index (κ1) is 23.4. The predicted octanol–water partition coefficient (Wildman–Crippen LogP) is 4.09. The van der Waals surface area contributed by atoms with Crippen LogP contribution in [0.3, 0.4) is 0 Å². The fraction of sp³-hybridized carbons (Fsp3) is 0.545. The zero-order chi connectivity index (χ0) is 21.2. The highest BCUT2D eigenvalue weighted by molar-refractivity contribution is 8.00. The van der Waals surface area contributed by atoms with Crippen LogP contribution < -0.4 is 4.74 Å². The summed E-state index contributed by atoms with van der Waals surface area (Å²) < 4.78 is 18.3. The molecule has 7 heteroatoms. The lowest BCUT2D eigenvalue weighted by Gasteiger charge is -2.19. The fourth-order valence-electron chi connectivity index (χ4n) is 3.20. The van der Waals surface area contributed by atoms with E-state index in [1.165, 1.54) is 36.0 Å². The van der Waals surface area contributed by atoms with E-state index >= 15 is 0 Å². The molecule has 1 aromatic carbocycles. The van der Waals surface area contributed by atoms with E-state index in [9.17, 15) is 19.1 Å². The molecule has 0 bridgehead atoms. The van der Waals surface area contributed by atoms with E-state index in [0.717, 1.165) is 25.7 Å². The molecule has 0 saturated carbocycles. The van der Waals surface area contributed by atoms with Crippen molar-refractivity contribution in [2.45, 2.75) is 50.4 Å². The number of unbranched alkanes of at least 4 members (excludes halogenated alkanes) is 2. The maximum absolute atomic E-state index is 12.9. The van der Waals surface area contributed by atoms with Crippen LogP contribution >= 0.6 is 11.8 Å². The van der Waals surface area contributed by atoms with Crippen molar-refractivity contribution in [1.29, 1.82) is 0 Å². The number of carbonyl (C=O) groups excluding carboxylic acids is 1. The van der Waals surface area contributed by atoms with Gasteiger partial charge in [-0.25, -0.2) is 4.39 Å². The first-order chi connectivity index (χ1) is 13.9. The number of benzene rings is 1. The van der Waals surface area contributed by atoms with E-state index in [4.69, 9.17) is 9.84 Å². The number of allylic oxidation sites excluding steroid dienone is 1. The van der Waals surface area contributed by atoms with Crippen LogP contribution in [0.4, 0.5) is 4.39 Å². The van der Waals surface area contributed by atoms with Gasteiger partial charge >= 0.3 is 5.97 Å². The van der Waals surface area contributed by atoms with Crippen LogP contribution in [-0.2, 0) is 9.59 Å². The van der Waals surface area contributed by atoms with Gasteiger partial charge in [0.15, 0.2) is 5.78 Å². The van der Waals surface area contributed by atoms with Crippen molar-refractivity contribution < 1.29 is 28.9 Å². The number of aliphatic carboxylic acids is 1. The first-order valence-corrected chi connectivity index (χ1v) is 11.0. The Bertz CT molecular complexity index is 691. The van der Waals surface area contributed by atoms with E-state index < -0.39 is 12.1 Å². The molecule has 0 aromatic heterocycles. The van der Waals surface area contributed by atoms with Crippen LogP contribution in [0, 0.1) is 17.7 Å². The molecule has 0 radical (unpaired) electrons. The van der Waals surface area contributed by atoms with Gasteiger partial charge in [-0.2, -0.15) is 11.8 Å². The summed E-state index contributed by atoms with van der Waals surface area (Å²) in [7, 11) is 0. The van der Waals surface area contributed by atoms with Crippen molar-refractivity contribution in [2.75, 3.05) is 12.4 Å². The summed E-state index contributed by atoms with van der Waals surface area (Å²) in [6, 6.07) is 5.64. The van der Waals surface area contributed by atoms with Gasteiger partial charge in [0.2, 0.25) is 0 Å². The van der Waals surface area contributed by atoms with E-state index in [1.54, 1.807) is 13.0 Å². The van der Waals surface area contributed by atoms with Gasteiger partial charge in [0.05, 0.1) is 12.0 Å². The number of aliphatic hydroxyl groups excluding tert-OH is 1. The number of carboxylic acid groups (broad SMARTS) is 1. The minimum Gasteiger partial charge on any atom is -0.491 e. The average molecular weight is 425 g/mol. The highest BCUT2D eigenvalue weighted by Crippen LogP contribution is 2.32. The van der Waals surface area contributed by atoms with Crippen molar-refractivity contribution >= 4 is 23.5 Å². The maximum atomic E-state index is 12.9. The molecule has 2 N–H and O–H groups in total. The summed E-state index contributed by atoms with van der Waals surface area (Å²) in [4.78, 5) is 23.0. The molecule has 0 fully saturated rings. The summed E-state index contributed by atoms with van der Waals surface area (Å²) in [6.07, 6.45) is 6.90. The fourth-order valence-corrected chi connectivity index (χ4v) is 4.43. The van der Waals surface area contributed by atoms with Crippen molar-refractivity contribution in [2.24, 2.45) is 11.8 Å². The molecule has 1 aliphatic rings. The number of halogens is 1. The Morgan fingerprint density at radius 2 is 1.97 bits per heavy atom. The van der Waals surface area contributed by atoms with Gasteiger partial charge < -0.3 is 14.9 Å². The lowest BCUT2D eigenvalue weighted by molar-refractivity contribution is -0.141. The number of carboxylic acids is 1. The Labute approximate surface area is 175 Å². The molecule has 1 aromatic rings. The highest BCUT2D eigenvalue weighted by atomic mass is 32.2. The Hall–Kier alpha value is -1.86. The van der Waals surface area contributed by atoms with Gasteiger partial charge in [-0.1, -0.05) is 32.3 Å². The molecule has 0 saturated heterocycles. The van der Waals surface area contributed by atoms with Crippen LogP contribution in [0.1, 0.15) is 39.0 Å². The van der Waals surface area contributed by atoms with E-state index in [1.807, 2.05) is 6.08 Å². The maximum Gasteiger partial charge on any atom is 0.306 e. The number of hydrogen-bond donors (Lipinski definition) is 2. The molecule has 0 amide bonds. The summed E-state index contributed by atoms with van der Waals surface area (Å²) in [5.41, 5.74) is 0. The average Bonchev–Trinajstić information content (AvgIpc) is 3.05. The first-order valence-electron chi connectivity index (χ1n) is 9.99. The monoisotopic (exact) mass is 424 g/mol. The molecule has 1 aliphatic carbocycles. The van der Waals surface area contributed by atoms with Crippen molar-refractivity contribution in [3.8, 4) is 5.75 Å². The molecule has 0 heterocycles. The molecule has 160 valence electrons. The van der Waals surface area contributed by atoms with Gasteiger partial charge in [0.1, 0.15) is 18.2 Å². The zero-order valence-corrected chi connectivity index (χ0v) is 17.4. The molecular weight excluding hydrogens is 395 g/mol. The lowest BCUT2D eigenvalue weighted by atomic mass is 9.96.